The molecule has 4 nitrogen and oxygen atoms in total. The van der Waals surface area contributed by atoms with E-state index < -0.39 is 17.4 Å². The number of rotatable bonds is 8. The number of carbonyl (C=O) groups excluding carboxylic acids is 2. The molecule has 4 bridgehead atoms. The second kappa shape index (κ2) is 8.39. The first-order chi connectivity index (χ1) is 15.6. The van der Waals surface area contributed by atoms with E-state index in [0.717, 1.165) is 36.2 Å². The van der Waals surface area contributed by atoms with Gasteiger partial charge in [0, 0.05) is 17.9 Å². The molecular weight excluding hydrogens is 419 g/mol. The van der Waals surface area contributed by atoms with Crippen LogP contribution in [0.15, 0.2) is 12.1 Å². The van der Waals surface area contributed by atoms with E-state index in [2.05, 4.69) is 0 Å². The van der Waals surface area contributed by atoms with Gasteiger partial charge >= 0.3 is 5.97 Å². The fourth-order valence-corrected chi connectivity index (χ4v) is 7.06. The van der Waals surface area contributed by atoms with Gasteiger partial charge in [-0.05, 0) is 107 Å². The molecule has 6 rings (SSSR count). The van der Waals surface area contributed by atoms with Gasteiger partial charge in [-0.1, -0.05) is 0 Å². The molecule has 180 valence electrons. The molecule has 0 spiro atoms. The molecule has 0 heterocycles. The quantitative estimate of drug-likeness (QED) is 0.326. The minimum Gasteiger partial charge on any atom is -0.493 e. The van der Waals surface area contributed by atoms with Gasteiger partial charge < -0.3 is 9.47 Å². The maximum absolute atomic E-state index is 15.0. The van der Waals surface area contributed by atoms with Gasteiger partial charge in [0.1, 0.15) is 17.2 Å². The number of hydrogen-bond acceptors (Lipinski definition) is 4. The molecular formula is C28H37FO4. The van der Waals surface area contributed by atoms with E-state index in [-0.39, 0.29) is 29.6 Å². The average Bonchev–Trinajstić information content (AvgIpc) is 3.53. The summed E-state index contributed by atoms with van der Waals surface area (Å²) >= 11 is 0. The largest absolute Gasteiger partial charge is 0.493 e. The number of ketones is 1. The summed E-state index contributed by atoms with van der Waals surface area (Å²) in [5.74, 6) is 2.18. The molecule has 0 amide bonds. The number of halogens is 1. The zero-order valence-corrected chi connectivity index (χ0v) is 20.3. The molecule has 0 radical (unpaired) electrons. The van der Waals surface area contributed by atoms with Gasteiger partial charge in [0.05, 0.1) is 18.6 Å². The summed E-state index contributed by atoms with van der Waals surface area (Å²) in [5.41, 5.74) is 0.693. The molecule has 0 aliphatic heterocycles. The lowest BCUT2D eigenvalue weighted by atomic mass is 9.50. The van der Waals surface area contributed by atoms with E-state index in [9.17, 15) is 9.59 Å². The third kappa shape index (κ3) is 5.12. The fourth-order valence-electron chi connectivity index (χ4n) is 7.06. The van der Waals surface area contributed by atoms with Crippen molar-refractivity contribution in [1.29, 1.82) is 0 Å². The molecule has 1 aromatic carbocycles. The number of ether oxygens (including phenoxy) is 2. The van der Waals surface area contributed by atoms with E-state index >= 15 is 4.39 Å². The standard InChI is InChI=1S/C28H37FO4/c1-27(2,3)33-26(31)7-6-24(30)22-11-21(20-4-5-20)25(12-23(22)29)32-16-28-13-17-8-18(14-28)10-19(9-17)15-28/h11-12,17-20H,4-10,13-16H2,1-3H3. The molecule has 0 N–H and O–H groups in total. The van der Waals surface area contributed by atoms with E-state index in [1.807, 2.05) is 0 Å². The van der Waals surface area contributed by atoms with Crippen LogP contribution in [0.4, 0.5) is 4.39 Å². The molecule has 0 aromatic heterocycles. The number of hydrogen-bond donors (Lipinski definition) is 0. The van der Waals surface area contributed by atoms with Crippen molar-refractivity contribution in [1.82, 2.24) is 0 Å². The molecule has 0 atom stereocenters. The summed E-state index contributed by atoms with van der Waals surface area (Å²) in [6.45, 7) is 6.03. The van der Waals surface area contributed by atoms with Crippen molar-refractivity contribution in [2.24, 2.45) is 23.2 Å². The molecule has 33 heavy (non-hydrogen) atoms. The summed E-state index contributed by atoms with van der Waals surface area (Å²) < 4.78 is 26.7. The predicted octanol–water partition coefficient (Wildman–Crippen LogP) is 6.60. The van der Waals surface area contributed by atoms with E-state index in [1.54, 1.807) is 26.8 Å². The van der Waals surface area contributed by atoms with Crippen molar-refractivity contribution in [3.63, 3.8) is 0 Å². The highest BCUT2D eigenvalue weighted by Crippen LogP contribution is 2.60. The molecule has 5 heteroatoms. The number of benzene rings is 1. The van der Waals surface area contributed by atoms with E-state index in [4.69, 9.17) is 9.47 Å². The summed E-state index contributed by atoms with van der Waals surface area (Å²) in [6.07, 6.45) is 9.92. The van der Waals surface area contributed by atoms with Crippen LogP contribution in [-0.4, -0.2) is 24.0 Å². The normalized spacial score (nSPS) is 30.4. The van der Waals surface area contributed by atoms with Crippen molar-refractivity contribution >= 4 is 11.8 Å². The smallest absolute Gasteiger partial charge is 0.306 e. The molecule has 5 aliphatic carbocycles. The topological polar surface area (TPSA) is 52.6 Å². The third-order valence-electron chi connectivity index (χ3n) is 8.09. The summed E-state index contributed by atoms with van der Waals surface area (Å²) in [6, 6.07) is 3.12. The van der Waals surface area contributed by atoms with Crippen LogP contribution in [0.3, 0.4) is 0 Å². The Morgan fingerprint density at radius 1 is 1.00 bits per heavy atom. The minimum atomic E-state index is -0.597. The van der Waals surface area contributed by atoms with Crippen molar-refractivity contribution in [3.05, 3.63) is 29.1 Å². The highest BCUT2D eigenvalue weighted by Gasteiger charge is 2.51. The Morgan fingerprint density at radius 2 is 1.61 bits per heavy atom. The monoisotopic (exact) mass is 456 g/mol. The van der Waals surface area contributed by atoms with Gasteiger partial charge in [-0.2, -0.15) is 0 Å². The van der Waals surface area contributed by atoms with Crippen LogP contribution in [0.5, 0.6) is 5.75 Å². The lowest BCUT2D eigenvalue weighted by Crippen LogP contribution is -2.48. The van der Waals surface area contributed by atoms with Crippen LogP contribution in [0.2, 0.25) is 0 Å². The Balaban J connectivity index is 1.27. The van der Waals surface area contributed by atoms with Crippen LogP contribution in [0.1, 0.15) is 107 Å². The lowest BCUT2D eigenvalue weighted by molar-refractivity contribution is -0.154. The van der Waals surface area contributed by atoms with Gasteiger partial charge in [0.2, 0.25) is 0 Å². The first-order valence-electron chi connectivity index (χ1n) is 12.8. The van der Waals surface area contributed by atoms with Gasteiger partial charge in [0.25, 0.3) is 0 Å². The number of carbonyl (C=O) groups is 2. The molecule has 5 aliphatic rings. The van der Waals surface area contributed by atoms with Crippen LogP contribution in [0.25, 0.3) is 0 Å². The van der Waals surface area contributed by atoms with E-state index in [1.165, 1.54) is 44.6 Å². The SMILES string of the molecule is CC(C)(C)OC(=O)CCC(=O)c1cc(C2CC2)c(OCC23CC4CC(CC(C4)C2)C3)cc1F. The number of esters is 1. The molecule has 0 saturated heterocycles. The lowest BCUT2D eigenvalue weighted by Gasteiger charge is -2.56. The predicted molar refractivity (Wildman–Crippen MR) is 124 cm³/mol. The Hall–Kier alpha value is -1.91. The van der Waals surface area contributed by atoms with Gasteiger partial charge in [-0.25, -0.2) is 4.39 Å². The Morgan fingerprint density at radius 3 is 2.15 bits per heavy atom. The second-order valence-electron chi connectivity index (χ2n) is 12.4. The zero-order chi connectivity index (χ0) is 23.4. The Bertz CT molecular complexity index is 905. The zero-order valence-electron chi connectivity index (χ0n) is 20.3. The van der Waals surface area contributed by atoms with E-state index in [0.29, 0.717) is 18.3 Å². The van der Waals surface area contributed by atoms with Crippen molar-refractivity contribution in [2.45, 2.75) is 96.5 Å². The average molecular weight is 457 g/mol. The van der Waals surface area contributed by atoms with Gasteiger partial charge in [0.15, 0.2) is 5.78 Å². The molecule has 1 aromatic rings. The molecule has 5 fully saturated rings. The first-order valence-corrected chi connectivity index (χ1v) is 12.8. The third-order valence-corrected chi connectivity index (χ3v) is 8.09. The van der Waals surface area contributed by atoms with Crippen LogP contribution >= 0.6 is 0 Å². The van der Waals surface area contributed by atoms with Crippen molar-refractivity contribution < 1.29 is 23.5 Å². The number of Topliss-reactive ketones (excluding diaryl/α,β-unsaturated/α-hetero) is 1. The maximum Gasteiger partial charge on any atom is 0.306 e. The van der Waals surface area contributed by atoms with Crippen LogP contribution in [0, 0.1) is 29.0 Å². The minimum absolute atomic E-state index is 0.0431. The van der Waals surface area contributed by atoms with Crippen LogP contribution in [-0.2, 0) is 9.53 Å². The van der Waals surface area contributed by atoms with Crippen molar-refractivity contribution in [2.75, 3.05) is 6.61 Å². The summed E-state index contributed by atoms with van der Waals surface area (Å²) in [4.78, 5) is 24.7. The highest BCUT2D eigenvalue weighted by atomic mass is 19.1. The summed E-state index contributed by atoms with van der Waals surface area (Å²) in [7, 11) is 0. The first kappa shape index (κ1) is 22.9. The fraction of sp³-hybridized carbons (Fsp3) is 0.714. The Kier molecular flexibility index (Phi) is 5.81. The summed E-state index contributed by atoms with van der Waals surface area (Å²) in [5, 5.41) is 0. The molecule has 5 saturated carbocycles. The second-order valence-corrected chi connectivity index (χ2v) is 12.4. The van der Waals surface area contributed by atoms with Crippen molar-refractivity contribution in [3.8, 4) is 5.75 Å². The van der Waals surface area contributed by atoms with Gasteiger partial charge in [-0.3, -0.25) is 9.59 Å². The van der Waals surface area contributed by atoms with Crippen LogP contribution < -0.4 is 4.74 Å². The highest BCUT2D eigenvalue weighted by molar-refractivity contribution is 5.98. The maximum atomic E-state index is 15.0. The Labute approximate surface area is 196 Å². The van der Waals surface area contributed by atoms with Gasteiger partial charge in [-0.15, -0.1) is 0 Å². The molecule has 0 unspecified atom stereocenters.